The SMILES string of the molecule is CC/C=C\C/C=C\C/C=C\C/C=C\C/C=C\CCCCCCCCCCCCCCCCCCCCCCCCCC(=O)OC(CO)COC(=O)CCCCCCCCCCCCCCCCCCCCCCCCCCCCCCCCC. The van der Waals surface area contributed by atoms with E-state index >= 15 is 0 Å². The predicted molar refractivity (Wildman–Crippen MR) is 371 cm³/mol. The minimum absolute atomic E-state index is 0.0590. The molecule has 5 nitrogen and oxygen atoms in total. The second-order valence-electron chi connectivity index (χ2n) is 25.7. The number of aliphatic hydroxyl groups is 1. The lowest BCUT2D eigenvalue weighted by molar-refractivity contribution is -0.161. The van der Waals surface area contributed by atoms with Crippen LogP contribution in [0.4, 0.5) is 0 Å². The molecule has 1 N–H and O–H groups in total. The number of allylic oxidation sites excluding steroid dienone is 10. The number of unbranched alkanes of at least 4 members (excludes halogenated alkanes) is 53. The van der Waals surface area contributed by atoms with Gasteiger partial charge in [0.15, 0.2) is 6.10 Å². The lowest BCUT2D eigenvalue weighted by Crippen LogP contribution is -2.28. The molecule has 1 unspecified atom stereocenters. The fourth-order valence-electron chi connectivity index (χ4n) is 11.7. The molecule has 84 heavy (non-hydrogen) atoms. The van der Waals surface area contributed by atoms with Gasteiger partial charge in [0.05, 0.1) is 6.61 Å². The normalized spacial score (nSPS) is 12.5. The topological polar surface area (TPSA) is 72.8 Å². The van der Waals surface area contributed by atoms with Crippen LogP contribution in [-0.2, 0) is 19.1 Å². The van der Waals surface area contributed by atoms with E-state index in [9.17, 15) is 14.7 Å². The van der Waals surface area contributed by atoms with Gasteiger partial charge in [-0.3, -0.25) is 9.59 Å². The molecule has 0 radical (unpaired) electrons. The summed E-state index contributed by atoms with van der Waals surface area (Å²) in [5, 5.41) is 9.72. The van der Waals surface area contributed by atoms with Gasteiger partial charge in [-0.25, -0.2) is 0 Å². The highest BCUT2D eigenvalue weighted by atomic mass is 16.6. The molecule has 0 aliphatic carbocycles. The van der Waals surface area contributed by atoms with Crippen LogP contribution in [-0.4, -0.2) is 36.4 Å². The van der Waals surface area contributed by atoms with Gasteiger partial charge in [-0.05, 0) is 57.8 Å². The van der Waals surface area contributed by atoms with Crippen molar-refractivity contribution in [3.05, 3.63) is 60.8 Å². The second-order valence-corrected chi connectivity index (χ2v) is 25.7. The van der Waals surface area contributed by atoms with Crippen molar-refractivity contribution in [3.8, 4) is 0 Å². The van der Waals surface area contributed by atoms with Gasteiger partial charge in [0, 0.05) is 12.8 Å². The molecule has 0 fully saturated rings. The lowest BCUT2D eigenvalue weighted by Gasteiger charge is -2.15. The van der Waals surface area contributed by atoms with Crippen LogP contribution in [0.1, 0.15) is 412 Å². The minimum atomic E-state index is -0.770. The Hall–Kier alpha value is -2.40. The molecule has 0 heterocycles. The molecule has 0 aromatic rings. The number of aliphatic hydroxyl groups excluding tert-OH is 1. The summed E-state index contributed by atoms with van der Waals surface area (Å²) in [5.41, 5.74) is 0. The molecular weight excluding hydrogens is 1030 g/mol. The summed E-state index contributed by atoms with van der Waals surface area (Å²) in [6.45, 7) is 4.09. The predicted octanol–water partition coefficient (Wildman–Crippen LogP) is 26.4. The van der Waals surface area contributed by atoms with E-state index in [1.807, 2.05) is 0 Å². The first-order chi connectivity index (χ1) is 41.6. The molecule has 0 bridgehead atoms. The molecular formula is C79H146O5. The summed E-state index contributed by atoms with van der Waals surface area (Å²) >= 11 is 0. The van der Waals surface area contributed by atoms with Gasteiger partial charge in [0.1, 0.15) is 6.61 Å². The van der Waals surface area contributed by atoms with Crippen molar-refractivity contribution in [1.82, 2.24) is 0 Å². The van der Waals surface area contributed by atoms with Gasteiger partial charge < -0.3 is 14.6 Å². The standard InChI is InChI=1S/C79H146O5/c1-3-5-7-9-11-13-15-17-19-21-23-25-27-29-31-33-35-36-37-38-39-40-41-42-44-46-48-50-52-54-56-58-60-62-64-66-68-70-72-74-79(82)84-77(75-80)76-83-78(81)73-71-69-67-65-63-61-59-57-55-53-51-49-47-45-43-34-32-30-28-26-24-22-20-18-16-14-12-10-8-6-4-2/h5,7,11,13,17,19,23,25,29,31,77,80H,3-4,6,8-10,12,14-16,18,20-22,24,26-28,30,32-76H2,1-2H3/b7-5-,13-11-,19-17-,25-23-,31-29-. The van der Waals surface area contributed by atoms with Crippen molar-refractivity contribution in [3.63, 3.8) is 0 Å². The number of ether oxygens (including phenoxy) is 2. The van der Waals surface area contributed by atoms with Crippen LogP contribution in [0, 0.1) is 0 Å². The number of hydrogen-bond donors (Lipinski definition) is 1. The van der Waals surface area contributed by atoms with E-state index < -0.39 is 6.10 Å². The van der Waals surface area contributed by atoms with Crippen molar-refractivity contribution in [2.75, 3.05) is 13.2 Å². The monoisotopic (exact) mass is 1180 g/mol. The van der Waals surface area contributed by atoms with Crippen molar-refractivity contribution >= 4 is 11.9 Å². The molecule has 0 rings (SSSR count). The third-order valence-electron chi connectivity index (χ3n) is 17.3. The molecule has 0 amide bonds. The first kappa shape index (κ1) is 81.6. The fourth-order valence-corrected chi connectivity index (χ4v) is 11.7. The van der Waals surface area contributed by atoms with E-state index in [0.29, 0.717) is 12.8 Å². The van der Waals surface area contributed by atoms with E-state index in [0.717, 1.165) is 64.2 Å². The zero-order chi connectivity index (χ0) is 60.5. The van der Waals surface area contributed by atoms with Crippen molar-refractivity contribution < 1.29 is 24.2 Å². The average Bonchev–Trinajstić information content (AvgIpc) is 3.51. The number of esters is 2. The van der Waals surface area contributed by atoms with Crippen LogP contribution in [0.25, 0.3) is 0 Å². The van der Waals surface area contributed by atoms with Gasteiger partial charge in [0.25, 0.3) is 0 Å². The Morgan fingerprint density at radius 2 is 0.512 bits per heavy atom. The van der Waals surface area contributed by atoms with Gasteiger partial charge in [0.2, 0.25) is 0 Å². The molecule has 0 spiro atoms. The summed E-state index contributed by atoms with van der Waals surface area (Å²) in [4.78, 5) is 24.7. The van der Waals surface area contributed by atoms with E-state index in [1.54, 1.807) is 0 Å². The average molecular weight is 1180 g/mol. The second kappa shape index (κ2) is 74.9. The smallest absolute Gasteiger partial charge is 0.306 e. The lowest BCUT2D eigenvalue weighted by atomic mass is 10.0. The Kier molecular flexibility index (Phi) is 72.7. The number of hydrogen-bond acceptors (Lipinski definition) is 5. The molecule has 0 aliphatic heterocycles. The van der Waals surface area contributed by atoms with E-state index in [1.165, 1.54) is 321 Å². The Balaban J connectivity index is 3.38. The van der Waals surface area contributed by atoms with Crippen molar-refractivity contribution in [1.29, 1.82) is 0 Å². The maximum atomic E-state index is 12.4. The van der Waals surface area contributed by atoms with E-state index in [2.05, 4.69) is 74.6 Å². The Morgan fingerprint density at radius 1 is 0.286 bits per heavy atom. The van der Waals surface area contributed by atoms with Gasteiger partial charge in [-0.15, -0.1) is 0 Å². The highest BCUT2D eigenvalue weighted by molar-refractivity contribution is 5.70. The summed E-state index contributed by atoms with van der Waals surface area (Å²) < 4.78 is 10.8. The fraction of sp³-hybridized carbons (Fsp3) is 0.848. The quantitative estimate of drug-likeness (QED) is 0.0373. The van der Waals surface area contributed by atoms with E-state index in [-0.39, 0.29) is 25.2 Å². The molecule has 5 heteroatoms. The minimum Gasteiger partial charge on any atom is -0.462 e. The zero-order valence-electron chi connectivity index (χ0n) is 56.7. The van der Waals surface area contributed by atoms with Gasteiger partial charge >= 0.3 is 11.9 Å². The largest absolute Gasteiger partial charge is 0.462 e. The first-order valence-electron chi connectivity index (χ1n) is 37.8. The Labute approximate surface area is 525 Å². The zero-order valence-corrected chi connectivity index (χ0v) is 56.7. The number of carbonyl (C=O) groups excluding carboxylic acids is 2. The third-order valence-corrected chi connectivity index (χ3v) is 17.3. The number of carbonyl (C=O) groups is 2. The molecule has 0 aromatic carbocycles. The Morgan fingerprint density at radius 3 is 0.774 bits per heavy atom. The third kappa shape index (κ3) is 72.1. The van der Waals surface area contributed by atoms with E-state index in [4.69, 9.17) is 9.47 Å². The highest BCUT2D eigenvalue weighted by Gasteiger charge is 2.16. The number of rotatable bonds is 71. The van der Waals surface area contributed by atoms with Crippen LogP contribution in [0.5, 0.6) is 0 Å². The van der Waals surface area contributed by atoms with Crippen LogP contribution in [0.2, 0.25) is 0 Å². The van der Waals surface area contributed by atoms with Crippen molar-refractivity contribution in [2.45, 2.75) is 418 Å². The van der Waals surface area contributed by atoms with Crippen LogP contribution < -0.4 is 0 Å². The van der Waals surface area contributed by atoms with Gasteiger partial charge in [-0.2, -0.15) is 0 Å². The highest BCUT2D eigenvalue weighted by Crippen LogP contribution is 2.20. The van der Waals surface area contributed by atoms with Crippen molar-refractivity contribution in [2.24, 2.45) is 0 Å². The summed E-state index contributed by atoms with van der Waals surface area (Å²) in [5.74, 6) is -0.564. The molecule has 0 aliphatic rings. The first-order valence-corrected chi connectivity index (χ1v) is 37.8. The van der Waals surface area contributed by atoms with Crippen LogP contribution >= 0.6 is 0 Å². The van der Waals surface area contributed by atoms with Gasteiger partial charge in [-0.1, -0.05) is 402 Å². The molecule has 0 aromatic heterocycles. The van der Waals surface area contributed by atoms with Crippen LogP contribution in [0.15, 0.2) is 60.8 Å². The maximum absolute atomic E-state index is 12.4. The summed E-state index contributed by atoms with van der Waals surface area (Å²) in [7, 11) is 0. The molecule has 0 saturated heterocycles. The summed E-state index contributed by atoms with van der Waals surface area (Å²) in [6.07, 6.45) is 103. The maximum Gasteiger partial charge on any atom is 0.306 e. The van der Waals surface area contributed by atoms with Crippen LogP contribution in [0.3, 0.4) is 0 Å². The molecule has 1 atom stereocenters. The Bertz CT molecular complexity index is 1430. The molecule has 492 valence electrons. The molecule has 0 saturated carbocycles. The summed E-state index contributed by atoms with van der Waals surface area (Å²) in [6, 6.07) is 0.